The van der Waals surface area contributed by atoms with E-state index in [-0.39, 0.29) is 25.7 Å². The first kappa shape index (κ1) is 47.1. The number of ketones is 3. The number of unbranched alkanes of at least 4 members (excludes halogenated alkanes) is 26. The third-order valence-electron chi connectivity index (χ3n) is 11.0. The van der Waals surface area contributed by atoms with Crippen LogP contribution in [0.1, 0.15) is 219 Å². The first-order chi connectivity index (χ1) is 24.8. The van der Waals surface area contributed by atoms with Gasteiger partial charge >= 0.3 is 11.9 Å². The van der Waals surface area contributed by atoms with Crippen molar-refractivity contribution in [3.63, 3.8) is 0 Å². The molecule has 1 aliphatic carbocycles. The lowest BCUT2D eigenvalue weighted by Crippen LogP contribution is -2.47. The minimum atomic E-state index is -1.91. The summed E-state index contributed by atoms with van der Waals surface area (Å²) in [4.78, 5) is 66.1. The second kappa shape index (κ2) is 30.5. The standard InChI is InChI=1S/C43H76O8/c1-3-5-7-9-11-13-15-17-19-21-23-25-27-29-31-36(41(49)51-42(50)37(45)35-44)40(48)43(38(46)32-33-39(43)47)34-30-28-26-24-22-20-18-16-14-12-10-8-6-4-2/h36-37,44-45H,3-35H2,1-2H3. The van der Waals surface area contributed by atoms with Gasteiger partial charge in [-0.25, -0.2) is 4.79 Å². The minimum Gasteiger partial charge on any atom is -0.393 e. The van der Waals surface area contributed by atoms with Gasteiger partial charge in [0.2, 0.25) is 0 Å². The maximum atomic E-state index is 14.1. The van der Waals surface area contributed by atoms with Crippen molar-refractivity contribution in [1.29, 1.82) is 0 Å². The number of aliphatic hydroxyl groups is 2. The van der Waals surface area contributed by atoms with Crippen molar-refractivity contribution >= 4 is 29.3 Å². The summed E-state index contributed by atoms with van der Waals surface area (Å²) in [5.74, 6) is -5.57. The number of rotatable bonds is 35. The largest absolute Gasteiger partial charge is 0.393 e. The maximum absolute atomic E-state index is 14.1. The van der Waals surface area contributed by atoms with Crippen LogP contribution in [-0.4, -0.2) is 52.2 Å². The molecule has 2 N–H and O–H groups in total. The molecule has 0 heterocycles. The molecular weight excluding hydrogens is 644 g/mol. The van der Waals surface area contributed by atoms with E-state index in [1.807, 2.05) is 0 Å². The second-order valence-electron chi connectivity index (χ2n) is 15.3. The zero-order valence-electron chi connectivity index (χ0n) is 32.8. The molecule has 0 aliphatic heterocycles. The van der Waals surface area contributed by atoms with E-state index >= 15 is 0 Å². The zero-order chi connectivity index (χ0) is 37.6. The van der Waals surface area contributed by atoms with E-state index < -0.39 is 53.3 Å². The molecule has 296 valence electrons. The Labute approximate surface area is 311 Å². The topological polar surface area (TPSA) is 135 Å². The predicted octanol–water partition coefficient (Wildman–Crippen LogP) is 10.3. The molecule has 1 rings (SSSR count). The van der Waals surface area contributed by atoms with Crippen LogP contribution in [0.5, 0.6) is 0 Å². The van der Waals surface area contributed by atoms with E-state index in [2.05, 4.69) is 13.8 Å². The summed E-state index contributed by atoms with van der Waals surface area (Å²) in [6, 6.07) is 0. The molecular formula is C43H76O8. The molecule has 0 aromatic heterocycles. The van der Waals surface area contributed by atoms with Gasteiger partial charge < -0.3 is 14.9 Å². The predicted molar refractivity (Wildman–Crippen MR) is 204 cm³/mol. The lowest BCUT2D eigenvalue weighted by molar-refractivity contribution is -0.171. The van der Waals surface area contributed by atoms with E-state index in [9.17, 15) is 29.1 Å². The molecule has 0 amide bonds. The third kappa shape index (κ3) is 19.6. The van der Waals surface area contributed by atoms with Gasteiger partial charge in [0.25, 0.3) is 0 Å². The molecule has 0 aromatic carbocycles. The van der Waals surface area contributed by atoms with E-state index in [0.29, 0.717) is 12.8 Å². The highest BCUT2D eigenvalue weighted by molar-refractivity contribution is 6.30. The van der Waals surface area contributed by atoms with Crippen LogP contribution in [0.4, 0.5) is 0 Å². The Bertz CT molecular complexity index is 944. The Morgan fingerprint density at radius 2 is 0.882 bits per heavy atom. The number of ether oxygens (including phenoxy) is 1. The Morgan fingerprint density at radius 3 is 1.24 bits per heavy atom. The second-order valence-corrected chi connectivity index (χ2v) is 15.3. The van der Waals surface area contributed by atoms with Gasteiger partial charge in [-0.2, -0.15) is 0 Å². The summed E-state index contributed by atoms with van der Waals surface area (Å²) in [6.45, 7) is 3.55. The minimum absolute atomic E-state index is 0.0219. The van der Waals surface area contributed by atoms with Gasteiger partial charge in [-0.05, 0) is 12.8 Å². The summed E-state index contributed by atoms with van der Waals surface area (Å²) in [5, 5.41) is 18.8. The molecule has 8 heteroatoms. The van der Waals surface area contributed by atoms with E-state index in [1.54, 1.807) is 0 Å². The summed E-state index contributed by atoms with van der Waals surface area (Å²) in [7, 11) is 0. The highest BCUT2D eigenvalue weighted by Crippen LogP contribution is 2.41. The van der Waals surface area contributed by atoms with Crippen molar-refractivity contribution in [3.8, 4) is 0 Å². The molecule has 2 atom stereocenters. The third-order valence-corrected chi connectivity index (χ3v) is 11.0. The van der Waals surface area contributed by atoms with Crippen molar-refractivity contribution in [3.05, 3.63) is 0 Å². The van der Waals surface area contributed by atoms with Crippen molar-refractivity contribution in [1.82, 2.24) is 0 Å². The van der Waals surface area contributed by atoms with Gasteiger partial charge in [-0.15, -0.1) is 0 Å². The van der Waals surface area contributed by atoms with Gasteiger partial charge in [0.15, 0.2) is 23.5 Å². The number of carbonyl (C=O) groups is 5. The molecule has 0 saturated heterocycles. The Morgan fingerprint density at radius 1 is 0.549 bits per heavy atom. The van der Waals surface area contributed by atoms with E-state index in [0.717, 1.165) is 51.4 Å². The normalized spacial score (nSPS) is 15.3. The van der Waals surface area contributed by atoms with Gasteiger partial charge in [0.05, 0.1) is 6.61 Å². The van der Waals surface area contributed by atoms with Crippen molar-refractivity contribution in [2.24, 2.45) is 11.3 Å². The molecule has 2 unspecified atom stereocenters. The molecule has 1 fully saturated rings. The maximum Gasteiger partial charge on any atom is 0.345 e. The first-order valence-corrected chi connectivity index (χ1v) is 21.4. The van der Waals surface area contributed by atoms with Gasteiger partial charge in [0.1, 0.15) is 11.3 Å². The molecule has 0 spiro atoms. The van der Waals surface area contributed by atoms with Gasteiger partial charge in [-0.3, -0.25) is 19.2 Å². The summed E-state index contributed by atoms with van der Waals surface area (Å²) < 4.78 is 4.83. The highest BCUT2D eigenvalue weighted by Gasteiger charge is 2.57. The van der Waals surface area contributed by atoms with Crippen LogP contribution in [-0.2, 0) is 28.7 Å². The molecule has 1 aliphatic rings. The van der Waals surface area contributed by atoms with Crippen molar-refractivity contribution in [2.75, 3.05) is 6.61 Å². The van der Waals surface area contributed by atoms with Gasteiger partial charge in [-0.1, -0.05) is 194 Å². The smallest absolute Gasteiger partial charge is 0.345 e. The number of hydrogen-bond donors (Lipinski definition) is 2. The lowest BCUT2D eigenvalue weighted by Gasteiger charge is -2.28. The molecule has 51 heavy (non-hydrogen) atoms. The average Bonchev–Trinajstić information content (AvgIpc) is 3.41. The Hall–Kier alpha value is -1.93. The fourth-order valence-corrected chi connectivity index (χ4v) is 7.58. The fourth-order valence-electron chi connectivity index (χ4n) is 7.58. The molecule has 1 saturated carbocycles. The van der Waals surface area contributed by atoms with E-state index in [1.165, 1.54) is 116 Å². The van der Waals surface area contributed by atoms with Crippen LogP contribution < -0.4 is 0 Å². The molecule has 0 bridgehead atoms. The van der Waals surface area contributed by atoms with Crippen LogP contribution in [0.3, 0.4) is 0 Å². The van der Waals surface area contributed by atoms with Gasteiger partial charge in [0, 0.05) is 12.8 Å². The average molecular weight is 721 g/mol. The molecule has 0 radical (unpaired) electrons. The summed E-state index contributed by atoms with van der Waals surface area (Å²) in [5.41, 5.74) is -1.87. The fraction of sp³-hybridized carbons (Fsp3) is 0.884. The Kier molecular flexibility index (Phi) is 28.2. The zero-order valence-corrected chi connectivity index (χ0v) is 32.8. The van der Waals surface area contributed by atoms with Crippen molar-refractivity contribution in [2.45, 2.75) is 225 Å². The number of hydrogen-bond acceptors (Lipinski definition) is 8. The van der Waals surface area contributed by atoms with Crippen LogP contribution in [0.15, 0.2) is 0 Å². The quantitative estimate of drug-likeness (QED) is 0.0375. The molecule has 8 nitrogen and oxygen atoms in total. The van der Waals surface area contributed by atoms with Crippen LogP contribution in [0.25, 0.3) is 0 Å². The first-order valence-electron chi connectivity index (χ1n) is 21.4. The van der Waals surface area contributed by atoms with Crippen LogP contribution in [0, 0.1) is 11.3 Å². The monoisotopic (exact) mass is 721 g/mol. The summed E-state index contributed by atoms with van der Waals surface area (Å²) in [6.07, 6.45) is 30.4. The van der Waals surface area contributed by atoms with Crippen molar-refractivity contribution < 1.29 is 38.9 Å². The number of aliphatic hydroxyl groups excluding tert-OH is 2. The lowest BCUT2D eigenvalue weighted by atomic mass is 9.70. The number of Topliss-reactive ketones (excluding diaryl/α,β-unsaturated/α-hetero) is 3. The highest BCUT2D eigenvalue weighted by atomic mass is 16.6. The van der Waals surface area contributed by atoms with E-state index in [4.69, 9.17) is 9.84 Å². The number of esters is 2. The van der Waals surface area contributed by atoms with Crippen LogP contribution in [0.2, 0.25) is 0 Å². The van der Waals surface area contributed by atoms with Crippen LogP contribution >= 0.6 is 0 Å². The summed E-state index contributed by atoms with van der Waals surface area (Å²) >= 11 is 0. The molecule has 0 aromatic rings. The SMILES string of the molecule is CCCCCCCCCCCCCCCCC(C(=O)OC(=O)C(O)CO)C(=O)C1(CCCCCCCCCCCCCCCC)C(=O)CCC1=O. The number of carbonyl (C=O) groups excluding carboxylic acids is 5. The Balaban J connectivity index is 2.61.